The van der Waals surface area contributed by atoms with E-state index >= 15 is 0 Å². The third kappa shape index (κ3) is 3.62. The van der Waals surface area contributed by atoms with E-state index in [9.17, 15) is 0 Å². The second-order valence-electron chi connectivity index (χ2n) is 4.78. The number of anilines is 2. The molecule has 1 saturated heterocycles. The molecule has 1 unspecified atom stereocenters. The van der Waals surface area contributed by atoms with Crippen LogP contribution in [0.25, 0.3) is 0 Å². The highest BCUT2D eigenvalue weighted by molar-refractivity contribution is 7.99. The van der Waals surface area contributed by atoms with Gasteiger partial charge >= 0.3 is 6.01 Å². The minimum Gasteiger partial charge on any atom is -0.461 e. The number of ether oxygens (including phenoxy) is 1. The second kappa shape index (κ2) is 6.27. The first-order valence-corrected chi connectivity index (χ1v) is 7.70. The van der Waals surface area contributed by atoms with Crippen LogP contribution >= 0.6 is 11.8 Å². The first kappa shape index (κ1) is 14.2. The van der Waals surface area contributed by atoms with Crippen molar-refractivity contribution in [1.82, 2.24) is 15.0 Å². The summed E-state index contributed by atoms with van der Waals surface area (Å²) in [5, 5.41) is 2.96. The monoisotopic (exact) mass is 283 g/mol. The first-order valence-electron chi connectivity index (χ1n) is 6.55. The number of rotatable bonds is 4. The average Bonchev–Trinajstić information content (AvgIpc) is 2.38. The second-order valence-corrected chi connectivity index (χ2v) is 5.93. The maximum Gasteiger partial charge on any atom is 0.323 e. The van der Waals surface area contributed by atoms with Gasteiger partial charge in [0, 0.05) is 31.1 Å². The van der Waals surface area contributed by atoms with Crippen LogP contribution in [-0.2, 0) is 0 Å². The zero-order valence-corrected chi connectivity index (χ0v) is 12.7. The Kier molecular flexibility index (Phi) is 4.68. The Labute approximate surface area is 118 Å². The fraction of sp³-hybridized carbons (Fsp3) is 0.750. The van der Waals surface area contributed by atoms with Crippen LogP contribution < -0.4 is 15.0 Å². The molecule has 0 spiro atoms. The Morgan fingerprint density at radius 1 is 1.37 bits per heavy atom. The van der Waals surface area contributed by atoms with Crippen molar-refractivity contribution in [2.75, 3.05) is 35.3 Å². The van der Waals surface area contributed by atoms with Crippen molar-refractivity contribution in [3.8, 4) is 6.01 Å². The summed E-state index contributed by atoms with van der Waals surface area (Å²) in [5.74, 6) is 3.44. The van der Waals surface area contributed by atoms with E-state index in [2.05, 4.69) is 32.1 Å². The summed E-state index contributed by atoms with van der Waals surface area (Å²) < 4.78 is 5.59. The van der Waals surface area contributed by atoms with Crippen LogP contribution in [0.3, 0.4) is 0 Å². The Hall–Kier alpha value is -1.24. The van der Waals surface area contributed by atoms with Crippen molar-refractivity contribution in [2.45, 2.75) is 32.9 Å². The molecule has 19 heavy (non-hydrogen) atoms. The van der Waals surface area contributed by atoms with E-state index in [1.54, 1.807) is 7.05 Å². The number of hydrogen-bond donors (Lipinski definition) is 1. The summed E-state index contributed by atoms with van der Waals surface area (Å²) >= 11 is 1.97. The van der Waals surface area contributed by atoms with E-state index in [1.807, 2.05) is 25.6 Å². The average molecular weight is 283 g/mol. The molecule has 6 nitrogen and oxygen atoms in total. The van der Waals surface area contributed by atoms with Gasteiger partial charge in [-0.25, -0.2) is 0 Å². The highest BCUT2D eigenvalue weighted by atomic mass is 32.2. The molecule has 0 aliphatic carbocycles. The van der Waals surface area contributed by atoms with E-state index < -0.39 is 0 Å². The van der Waals surface area contributed by atoms with E-state index in [4.69, 9.17) is 4.74 Å². The van der Waals surface area contributed by atoms with Gasteiger partial charge in [-0.1, -0.05) is 0 Å². The van der Waals surface area contributed by atoms with Crippen LogP contribution in [0, 0.1) is 0 Å². The number of thioether (sulfide) groups is 1. The normalized spacial score (nSPS) is 19.6. The zero-order valence-electron chi connectivity index (χ0n) is 11.9. The molecule has 2 heterocycles. The summed E-state index contributed by atoms with van der Waals surface area (Å²) in [6.07, 6.45) is 0.0503. The molecule has 1 N–H and O–H groups in total. The molecular formula is C12H21N5OS. The Morgan fingerprint density at radius 3 is 2.79 bits per heavy atom. The molecule has 1 aromatic rings. The Bertz CT molecular complexity index is 429. The number of hydrogen-bond acceptors (Lipinski definition) is 7. The highest BCUT2D eigenvalue weighted by Gasteiger charge is 2.22. The lowest BCUT2D eigenvalue weighted by Gasteiger charge is -2.33. The van der Waals surface area contributed by atoms with Gasteiger partial charge in [-0.2, -0.15) is 26.7 Å². The molecule has 1 atom stereocenters. The molecule has 2 rings (SSSR count). The summed E-state index contributed by atoms with van der Waals surface area (Å²) in [7, 11) is 1.80. The van der Waals surface area contributed by atoms with E-state index in [0.29, 0.717) is 23.9 Å². The highest BCUT2D eigenvalue weighted by Crippen LogP contribution is 2.23. The summed E-state index contributed by atoms with van der Waals surface area (Å²) in [5.41, 5.74) is 0. The van der Waals surface area contributed by atoms with Crippen LogP contribution in [0.5, 0.6) is 6.01 Å². The van der Waals surface area contributed by atoms with Gasteiger partial charge < -0.3 is 15.0 Å². The Morgan fingerprint density at radius 2 is 2.16 bits per heavy atom. The van der Waals surface area contributed by atoms with E-state index in [1.165, 1.54) is 0 Å². The van der Waals surface area contributed by atoms with Gasteiger partial charge in [-0.15, -0.1) is 0 Å². The number of nitrogens with zero attached hydrogens (tertiary/aromatic N) is 4. The Balaban J connectivity index is 2.27. The quantitative estimate of drug-likeness (QED) is 0.901. The third-order valence-electron chi connectivity index (χ3n) is 2.79. The summed E-state index contributed by atoms with van der Waals surface area (Å²) in [6.45, 7) is 7.07. The SMILES string of the molecule is CNc1nc(OC(C)C)nc(N2CCSCC2C)n1. The summed E-state index contributed by atoms with van der Waals surface area (Å²) in [6, 6.07) is 0.813. The van der Waals surface area contributed by atoms with Crippen LogP contribution in [-0.4, -0.2) is 52.2 Å². The lowest BCUT2D eigenvalue weighted by atomic mass is 10.3. The van der Waals surface area contributed by atoms with E-state index in [-0.39, 0.29) is 6.10 Å². The fourth-order valence-electron chi connectivity index (χ4n) is 1.87. The molecule has 1 fully saturated rings. The topological polar surface area (TPSA) is 63.2 Å². The largest absolute Gasteiger partial charge is 0.461 e. The molecule has 0 amide bonds. The molecule has 1 aliphatic rings. The van der Waals surface area contributed by atoms with Gasteiger partial charge in [0.2, 0.25) is 11.9 Å². The van der Waals surface area contributed by atoms with Crippen molar-refractivity contribution < 1.29 is 4.74 Å². The number of nitrogens with one attached hydrogen (secondary N) is 1. The van der Waals surface area contributed by atoms with Gasteiger partial charge in [0.25, 0.3) is 0 Å². The maximum absolute atomic E-state index is 5.59. The van der Waals surface area contributed by atoms with Gasteiger partial charge in [0.15, 0.2) is 0 Å². The lowest BCUT2D eigenvalue weighted by Crippen LogP contribution is -2.41. The molecule has 0 aromatic carbocycles. The molecule has 1 aromatic heterocycles. The first-order chi connectivity index (χ1) is 9.10. The fourth-order valence-corrected chi connectivity index (χ4v) is 2.89. The van der Waals surface area contributed by atoms with Crippen LogP contribution in [0.2, 0.25) is 0 Å². The van der Waals surface area contributed by atoms with Crippen LogP contribution in [0.4, 0.5) is 11.9 Å². The minimum atomic E-state index is 0.0503. The molecule has 0 radical (unpaired) electrons. The van der Waals surface area contributed by atoms with Crippen molar-refractivity contribution in [1.29, 1.82) is 0 Å². The molecule has 0 saturated carbocycles. The van der Waals surface area contributed by atoms with Crippen molar-refractivity contribution >= 4 is 23.7 Å². The van der Waals surface area contributed by atoms with Gasteiger partial charge in [-0.05, 0) is 20.8 Å². The minimum absolute atomic E-state index is 0.0503. The van der Waals surface area contributed by atoms with Crippen LogP contribution in [0.15, 0.2) is 0 Å². The standard InChI is InChI=1S/C12H21N5OS/c1-8(2)18-12-15-10(13-4)14-11(16-12)17-5-6-19-7-9(17)3/h8-9H,5-7H2,1-4H3,(H,13,14,15,16). The number of aromatic nitrogens is 3. The molecular weight excluding hydrogens is 262 g/mol. The molecule has 0 bridgehead atoms. The van der Waals surface area contributed by atoms with Crippen molar-refractivity contribution in [3.05, 3.63) is 0 Å². The van der Waals surface area contributed by atoms with Gasteiger partial charge in [-0.3, -0.25) is 0 Å². The third-order valence-corrected chi connectivity index (χ3v) is 3.98. The van der Waals surface area contributed by atoms with E-state index in [0.717, 1.165) is 18.1 Å². The van der Waals surface area contributed by atoms with Gasteiger partial charge in [0.1, 0.15) is 0 Å². The maximum atomic E-state index is 5.59. The van der Waals surface area contributed by atoms with Crippen LogP contribution in [0.1, 0.15) is 20.8 Å². The van der Waals surface area contributed by atoms with Crippen molar-refractivity contribution in [3.63, 3.8) is 0 Å². The van der Waals surface area contributed by atoms with Gasteiger partial charge in [0.05, 0.1) is 6.10 Å². The lowest BCUT2D eigenvalue weighted by molar-refractivity contribution is 0.222. The predicted octanol–water partition coefficient (Wildman–Crippen LogP) is 1.64. The molecule has 1 aliphatic heterocycles. The predicted molar refractivity (Wildman–Crippen MR) is 79.3 cm³/mol. The molecule has 106 valence electrons. The molecule has 7 heteroatoms. The smallest absolute Gasteiger partial charge is 0.323 e. The van der Waals surface area contributed by atoms with Crippen molar-refractivity contribution in [2.24, 2.45) is 0 Å². The zero-order chi connectivity index (χ0) is 13.8. The summed E-state index contributed by atoms with van der Waals surface area (Å²) in [4.78, 5) is 15.3.